The van der Waals surface area contributed by atoms with Crippen molar-refractivity contribution in [3.63, 3.8) is 0 Å². The van der Waals surface area contributed by atoms with Gasteiger partial charge in [0, 0.05) is 38.2 Å². The van der Waals surface area contributed by atoms with Crippen LogP contribution in [0.5, 0.6) is 0 Å². The molecule has 0 spiro atoms. The number of hydrogen-bond acceptors (Lipinski definition) is 4. The standard InChI is InChI=1S/C51H33NO3/c1-51(2)38-20-7-3-16-32(38)37-29-36(50-48(49(37)51)35-19-6-10-25-43(35)55-50)30-14-11-15-31(28-30)52(39-21-12-26-44-46(39)33-17-4-8-23-41(33)53-44)40-22-13-27-45-47(40)34-18-5-9-24-42(34)54-45/h3-29H,1-2H3. The lowest BCUT2D eigenvalue weighted by atomic mass is 9.80. The van der Waals surface area contributed by atoms with Gasteiger partial charge >= 0.3 is 0 Å². The van der Waals surface area contributed by atoms with Crippen LogP contribution in [0.4, 0.5) is 17.1 Å². The maximum absolute atomic E-state index is 6.88. The molecule has 0 bridgehead atoms. The van der Waals surface area contributed by atoms with Crippen LogP contribution in [0.3, 0.4) is 0 Å². The van der Waals surface area contributed by atoms with Crippen molar-refractivity contribution in [2.45, 2.75) is 19.3 Å². The van der Waals surface area contributed by atoms with Gasteiger partial charge in [-0.2, -0.15) is 0 Å². The van der Waals surface area contributed by atoms with Gasteiger partial charge in [0.2, 0.25) is 0 Å². The summed E-state index contributed by atoms with van der Waals surface area (Å²) in [6.07, 6.45) is 0. The molecule has 12 rings (SSSR count). The Morgan fingerprint density at radius 3 is 1.60 bits per heavy atom. The number of hydrogen-bond donors (Lipinski definition) is 0. The fourth-order valence-corrected chi connectivity index (χ4v) is 9.48. The molecule has 3 aromatic heterocycles. The van der Waals surface area contributed by atoms with E-state index < -0.39 is 0 Å². The van der Waals surface area contributed by atoms with Gasteiger partial charge in [0.25, 0.3) is 0 Å². The molecule has 0 N–H and O–H groups in total. The van der Waals surface area contributed by atoms with Crippen molar-refractivity contribution in [1.29, 1.82) is 0 Å². The van der Waals surface area contributed by atoms with Crippen LogP contribution in [-0.2, 0) is 5.41 Å². The molecule has 0 atom stereocenters. The fourth-order valence-electron chi connectivity index (χ4n) is 9.48. The molecule has 1 aliphatic rings. The number of rotatable bonds is 4. The SMILES string of the molecule is CC1(C)c2ccccc2-c2cc(-c3cccc(N(c4cccc5oc6ccccc6c45)c4cccc5oc6ccccc6c45)c3)c3oc4ccccc4c3c21. The summed E-state index contributed by atoms with van der Waals surface area (Å²) in [7, 11) is 0. The van der Waals surface area contributed by atoms with Crippen molar-refractivity contribution in [2.75, 3.05) is 4.90 Å². The van der Waals surface area contributed by atoms with Gasteiger partial charge in [0.1, 0.15) is 33.5 Å². The lowest BCUT2D eigenvalue weighted by Gasteiger charge is -2.27. The topological polar surface area (TPSA) is 42.7 Å². The van der Waals surface area contributed by atoms with Gasteiger partial charge in [-0.1, -0.05) is 117 Å². The van der Waals surface area contributed by atoms with Crippen LogP contribution < -0.4 is 4.90 Å². The first-order chi connectivity index (χ1) is 27.0. The normalized spacial score (nSPS) is 13.4. The van der Waals surface area contributed by atoms with Gasteiger partial charge in [-0.3, -0.25) is 0 Å². The Labute approximate surface area is 316 Å². The summed E-state index contributed by atoms with van der Waals surface area (Å²) in [6.45, 7) is 4.69. The number of furan rings is 3. The molecule has 4 nitrogen and oxygen atoms in total. The van der Waals surface area contributed by atoms with Crippen molar-refractivity contribution in [3.05, 3.63) is 175 Å². The summed E-state index contributed by atoms with van der Waals surface area (Å²) in [4.78, 5) is 2.37. The van der Waals surface area contributed by atoms with E-state index in [2.05, 4.69) is 158 Å². The summed E-state index contributed by atoms with van der Waals surface area (Å²) in [5.74, 6) is 0. The van der Waals surface area contributed by atoms with E-state index in [9.17, 15) is 0 Å². The maximum atomic E-state index is 6.88. The predicted molar refractivity (Wildman–Crippen MR) is 226 cm³/mol. The highest BCUT2D eigenvalue weighted by Gasteiger charge is 2.39. The van der Waals surface area contributed by atoms with Gasteiger partial charge in [-0.25, -0.2) is 0 Å². The van der Waals surface area contributed by atoms with E-state index in [4.69, 9.17) is 13.3 Å². The van der Waals surface area contributed by atoms with Crippen molar-refractivity contribution >= 4 is 82.9 Å². The van der Waals surface area contributed by atoms with Crippen LogP contribution in [0.15, 0.2) is 177 Å². The minimum atomic E-state index is -0.188. The van der Waals surface area contributed by atoms with Crippen LogP contribution in [0.1, 0.15) is 25.0 Å². The summed E-state index contributed by atoms with van der Waals surface area (Å²) in [5.41, 5.74) is 15.4. The molecule has 0 fully saturated rings. The van der Waals surface area contributed by atoms with Crippen molar-refractivity contribution in [3.8, 4) is 22.3 Å². The Bertz CT molecular complexity index is 3260. The largest absolute Gasteiger partial charge is 0.456 e. The van der Waals surface area contributed by atoms with E-state index in [1.165, 1.54) is 27.6 Å². The third-order valence-electron chi connectivity index (χ3n) is 11.8. The summed E-state index contributed by atoms with van der Waals surface area (Å²) in [5, 5.41) is 6.60. The molecule has 55 heavy (non-hydrogen) atoms. The highest BCUT2D eigenvalue weighted by atomic mass is 16.3. The lowest BCUT2D eigenvalue weighted by molar-refractivity contribution is 0.657. The van der Waals surface area contributed by atoms with Crippen LogP contribution >= 0.6 is 0 Å². The Morgan fingerprint density at radius 1 is 0.418 bits per heavy atom. The van der Waals surface area contributed by atoms with Crippen LogP contribution in [0.25, 0.3) is 88.1 Å². The van der Waals surface area contributed by atoms with Crippen molar-refractivity contribution in [2.24, 2.45) is 0 Å². The van der Waals surface area contributed by atoms with E-state index in [-0.39, 0.29) is 5.41 Å². The van der Waals surface area contributed by atoms with Crippen molar-refractivity contribution in [1.82, 2.24) is 0 Å². The first-order valence-electron chi connectivity index (χ1n) is 18.8. The zero-order chi connectivity index (χ0) is 36.4. The molecule has 3 heterocycles. The molecule has 0 unspecified atom stereocenters. The predicted octanol–water partition coefficient (Wildman–Crippen LogP) is 14.8. The maximum Gasteiger partial charge on any atom is 0.143 e. The molecule has 0 amide bonds. The first kappa shape index (κ1) is 30.4. The summed E-state index contributed by atoms with van der Waals surface area (Å²) >= 11 is 0. The smallest absolute Gasteiger partial charge is 0.143 e. The number of benzene rings is 8. The molecular formula is C51H33NO3. The van der Waals surface area contributed by atoms with Gasteiger partial charge in [-0.15, -0.1) is 0 Å². The zero-order valence-electron chi connectivity index (χ0n) is 30.3. The van der Waals surface area contributed by atoms with Gasteiger partial charge in [0.05, 0.1) is 22.1 Å². The zero-order valence-corrected chi connectivity index (χ0v) is 30.3. The third-order valence-corrected chi connectivity index (χ3v) is 11.8. The summed E-state index contributed by atoms with van der Waals surface area (Å²) < 4.78 is 19.8. The highest BCUT2D eigenvalue weighted by Crippen LogP contribution is 2.55. The van der Waals surface area contributed by atoms with E-state index in [0.29, 0.717) is 0 Å². The van der Waals surface area contributed by atoms with Gasteiger partial charge in [0.15, 0.2) is 0 Å². The quantitative estimate of drug-likeness (QED) is 0.183. The average molecular weight is 708 g/mol. The van der Waals surface area contributed by atoms with Crippen molar-refractivity contribution < 1.29 is 13.3 Å². The molecule has 260 valence electrons. The van der Waals surface area contributed by atoms with E-state index in [1.54, 1.807) is 0 Å². The monoisotopic (exact) mass is 707 g/mol. The molecule has 4 heteroatoms. The Morgan fingerprint density at radius 2 is 0.945 bits per heavy atom. The molecule has 11 aromatic rings. The molecular weight excluding hydrogens is 675 g/mol. The second-order valence-electron chi connectivity index (χ2n) is 15.2. The fraction of sp³-hybridized carbons (Fsp3) is 0.0588. The lowest BCUT2D eigenvalue weighted by Crippen LogP contribution is -2.15. The first-order valence-corrected chi connectivity index (χ1v) is 18.8. The number of para-hydroxylation sites is 3. The molecule has 0 saturated carbocycles. The van der Waals surface area contributed by atoms with E-state index >= 15 is 0 Å². The number of anilines is 3. The Hall–Kier alpha value is -7.04. The minimum absolute atomic E-state index is 0.188. The highest BCUT2D eigenvalue weighted by molar-refractivity contribution is 6.19. The Kier molecular flexibility index (Phi) is 6.09. The van der Waals surface area contributed by atoms with E-state index in [0.717, 1.165) is 88.6 Å². The second kappa shape index (κ2) is 11.0. The average Bonchev–Trinajstić information content (AvgIpc) is 3.96. The molecule has 0 saturated heterocycles. The van der Waals surface area contributed by atoms with Crippen LogP contribution in [0.2, 0.25) is 0 Å². The van der Waals surface area contributed by atoms with Crippen LogP contribution in [0, 0.1) is 0 Å². The Balaban J connectivity index is 1.17. The molecule has 1 aliphatic carbocycles. The van der Waals surface area contributed by atoms with Gasteiger partial charge in [-0.05, 0) is 88.5 Å². The summed E-state index contributed by atoms with van der Waals surface area (Å²) in [6, 6.07) is 57.9. The number of nitrogens with zero attached hydrogens (tertiary/aromatic N) is 1. The van der Waals surface area contributed by atoms with Gasteiger partial charge < -0.3 is 18.2 Å². The second-order valence-corrected chi connectivity index (χ2v) is 15.2. The third kappa shape index (κ3) is 4.17. The number of fused-ring (bicyclic) bond motifs is 13. The molecule has 8 aromatic carbocycles. The molecule has 0 aliphatic heterocycles. The van der Waals surface area contributed by atoms with Crippen LogP contribution in [-0.4, -0.2) is 0 Å². The molecule has 0 radical (unpaired) electrons. The van der Waals surface area contributed by atoms with E-state index in [1.807, 2.05) is 24.3 Å². The minimum Gasteiger partial charge on any atom is -0.456 e.